The molecule has 17 heavy (non-hydrogen) atoms. The molecule has 0 saturated heterocycles. The van der Waals surface area contributed by atoms with Gasteiger partial charge in [-0.1, -0.05) is 25.8 Å². The van der Waals surface area contributed by atoms with E-state index in [-0.39, 0.29) is 0 Å². The molecular formula is C13H23N3O. The topological polar surface area (TPSA) is 67.5 Å². The van der Waals surface area contributed by atoms with Crippen LogP contribution in [0.3, 0.4) is 0 Å². The molecule has 0 bridgehead atoms. The summed E-state index contributed by atoms with van der Waals surface area (Å²) in [5.74, 6) is 0. The zero-order valence-electron chi connectivity index (χ0n) is 10.7. The van der Waals surface area contributed by atoms with Crippen LogP contribution in [0.4, 0.5) is 4.79 Å². The van der Waals surface area contributed by atoms with Gasteiger partial charge >= 0.3 is 6.03 Å². The zero-order valence-corrected chi connectivity index (χ0v) is 10.7. The zero-order chi connectivity index (χ0) is 12.5. The molecule has 0 unspecified atom stereocenters. The van der Waals surface area contributed by atoms with Crippen LogP contribution in [-0.2, 0) is 0 Å². The van der Waals surface area contributed by atoms with Gasteiger partial charge in [-0.15, -0.1) is 0 Å². The van der Waals surface area contributed by atoms with Crippen LogP contribution in [-0.4, -0.2) is 11.7 Å². The molecule has 0 aliphatic heterocycles. The number of nitrogens with one attached hydrogen (secondary N) is 1. The first-order chi connectivity index (χ1) is 8.24. The maximum absolute atomic E-state index is 10.7. The number of hydrogen-bond donors (Lipinski definition) is 2. The lowest BCUT2D eigenvalue weighted by Gasteiger charge is -2.15. The van der Waals surface area contributed by atoms with Gasteiger partial charge in [-0.05, 0) is 44.1 Å². The predicted octanol–water partition coefficient (Wildman–Crippen LogP) is 3.09. The third-order valence-electron chi connectivity index (χ3n) is 2.98. The molecule has 0 radical (unpaired) electrons. The summed E-state index contributed by atoms with van der Waals surface area (Å²) >= 11 is 0. The molecule has 0 aromatic heterocycles. The van der Waals surface area contributed by atoms with Gasteiger partial charge in [0.05, 0.1) is 5.71 Å². The van der Waals surface area contributed by atoms with Gasteiger partial charge in [-0.3, -0.25) is 0 Å². The molecule has 1 aliphatic carbocycles. The number of nitrogens with zero attached hydrogens (tertiary/aromatic N) is 1. The van der Waals surface area contributed by atoms with Crippen LogP contribution in [0.1, 0.15) is 58.3 Å². The number of nitrogens with two attached hydrogens (primary N) is 1. The van der Waals surface area contributed by atoms with Crippen molar-refractivity contribution in [3.8, 4) is 0 Å². The van der Waals surface area contributed by atoms with Crippen LogP contribution in [0, 0.1) is 0 Å². The average Bonchev–Trinajstić information content (AvgIpc) is 2.34. The normalized spacial score (nSPS) is 16.5. The van der Waals surface area contributed by atoms with Gasteiger partial charge in [0.15, 0.2) is 0 Å². The molecule has 0 heterocycles. The van der Waals surface area contributed by atoms with E-state index in [0.29, 0.717) is 0 Å². The molecular weight excluding hydrogens is 214 g/mol. The Labute approximate surface area is 103 Å². The van der Waals surface area contributed by atoms with Crippen molar-refractivity contribution in [1.82, 2.24) is 5.43 Å². The molecule has 0 fully saturated rings. The molecule has 96 valence electrons. The summed E-state index contributed by atoms with van der Waals surface area (Å²) in [5, 5.41) is 4.14. The maximum atomic E-state index is 10.7. The molecule has 0 spiro atoms. The third-order valence-corrected chi connectivity index (χ3v) is 2.98. The van der Waals surface area contributed by atoms with Crippen LogP contribution >= 0.6 is 0 Å². The van der Waals surface area contributed by atoms with Crippen LogP contribution in [0.5, 0.6) is 0 Å². The number of primary amides is 1. The number of urea groups is 1. The van der Waals surface area contributed by atoms with Gasteiger partial charge < -0.3 is 5.73 Å². The number of hydrogen-bond acceptors (Lipinski definition) is 2. The van der Waals surface area contributed by atoms with Crippen LogP contribution in [0.25, 0.3) is 0 Å². The Bertz CT molecular complexity index is 308. The van der Waals surface area contributed by atoms with E-state index in [2.05, 4.69) is 23.5 Å². The summed E-state index contributed by atoms with van der Waals surface area (Å²) in [6.45, 7) is 2.18. The second kappa shape index (κ2) is 7.87. The lowest BCUT2D eigenvalue weighted by Crippen LogP contribution is -2.26. The summed E-state index contributed by atoms with van der Waals surface area (Å²) in [4.78, 5) is 10.7. The van der Waals surface area contributed by atoms with Gasteiger partial charge in [0.1, 0.15) is 0 Å². The maximum Gasteiger partial charge on any atom is 0.332 e. The highest BCUT2D eigenvalue weighted by Gasteiger charge is 2.10. The van der Waals surface area contributed by atoms with Gasteiger partial charge in [0, 0.05) is 0 Å². The first kappa shape index (κ1) is 13.7. The van der Waals surface area contributed by atoms with E-state index in [1.165, 1.54) is 31.3 Å². The average molecular weight is 237 g/mol. The van der Waals surface area contributed by atoms with Crippen LogP contribution in [0.15, 0.2) is 16.8 Å². The van der Waals surface area contributed by atoms with E-state index in [4.69, 9.17) is 5.73 Å². The van der Waals surface area contributed by atoms with Crippen molar-refractivity contribution in [3.05, 3.63) is 11.6 Å². The van der Waals surface area contributed by atoms with E-state index in [9.17, 15) is 4.79 Å². The fraction of sp³-hybridized carbons (Fsp3) is 0.692. The molecule has 0 saturated carbocycles. The molecule has 0 atom stereocenters. The first-order valence-corrected chi connectivity index (χ1v) is 6.55. The van der Waals surface area contributed by atoms with Crippen LogP contribution in [0.2, 0.25) is 0 Å². The standard InChI is InChI=1S/C13H23N3O/c1-2-3-5-10-12(15-16-13(14)17)11-8-6-4-7-9-11/h8H,2-7,9-10H2,1H3,(H3,14,16,17)/b15-12+. The van der Waals surface area contributed by atoms with Gasteiger partial charge in [0.2, 0.25) is 0 Å². The predicted molar refractivity (Wildman–Crippen MR) is 70.8 cm³/mol. The van der Waals surface area contributed by atoms with Crippen molar-refractivity contribution in [2.45, 2.75) is 58.3 Å². The van der Waals surface area contributed by atoms with Gasteiger partial charge in [0.25, 0.3) is 0 Å². The lowest BCUT2D eigenvalue weighted by atomic mass is 9.93. The van der Waals surface area contributed by atoms with Crippen molar-refractivity contribution in [1.29, 1.82) is 0 Å². The van der Waals surface area contributed by atoms with E-state index >= 15 is 0 Å². The molecule has 0 aromatic rings. The first-order valence-electron chi connectivity index (χ1n) is 6.55. The smallest absolute Gasteiger partial charge is 0.332 e. The van der Waals surface area contributed by atoms with E-state index in [1.807, 2.05) is 0 Å². The Balaban J connectivity index is 2.60. The molecule has 4 nitrogen and oxygen atoms in total. The summed E-state index contributed by atoms with van der Waals surface area (Å²) in [5.41, 5.74) is 9.71. The second-order valence-corrected chi connectivity index (χ2v) is 4.47. The Morgan fingerprint density at radius 1 is 1.47 bits per heavy atom. The summed E-state index contributed by atoms with van der Waals surface area (Å²) in [6, 6.07) is -0.589. The number of hydrazone groups is 1. The fourth-order valence-electron chi connectivity index (χ4n) is 2.05. The van der Waals surface area contributed by atoms with Crippen molar-refractivity contribution in [2.75, 3.05) is 0 Å². The Hall–Kier alpha value is -1.32. The molecule has 0 aromatic carbocycles. The molecule has 3 N–H and O–H groups in total. The molecule has 1 aliphatic rings. The largest absolute Gasteiger partial charge is 0.350 e. The highest BCUT2D eigenvalue weighted by Crippen LogP contribution is 2.21. The third kappa shape index (κ3) is 5.52. The number of carbonyl (C=O) groups is 1. The SMILES string of the molecule is CCCCC/C(=N\NC(N)=O)C1=CCCCC1. The van der Waals surface area contributed by atoms with Gasteiger partial charge in [-0.2, -0.15) is 5.10 Å². The van der Waals surface area contributed by atoms with E-state index in [0.717, 1.165) is 31.4 Å². The van der Waals surface area contributed by atoms with Crippen molar-refractivity contribution >= 4 is 11.7 Å². The minimum Gasteiger partial charge on any atom is -0.350 e. The second-order valence-electron chi connectivity index (χ2n) is 4.47. The number of rotatable bonds is 6. The van der Waals surface area contributed by atoms with Crippen LogP contribution < -0.4 is 11.2 Å². The Kier molecular flexibility index (Phi) is 6.37. The minimum atomic E-state index is -0.589. The van der Waals surface area contributed by atoms with E-state index < -0.39 is 6.03 Å². The lowest BCUT2D eigenvalue weighted by molar-refractivity contribution is 0.249. The summed E-state index contributed by atoms with van der Waals surface area (Å²) < 4.78 is 0. The van der Waals surface area contributed by atoms with Gasteiger partial charge in [-0.25, -0.2) is 10.2 Å². The molecule has 4 heteroatoms. The quantitative estimate of drug-likeness (QED) is 0.416. The number of carbonyl (C=O) groups excluding carboxylic acids is 1. The number of allylic oxidation sites excluding steroid dienone is 2. The molecule has 1 rings (SSSR count). The number of unbranched alkanes of at least 4 members (excludes halogenated alkanes) is 2. The Morgan fingerprint density at radius 3 is 2.88 bits per heavy atom. The number of amides is 2. The fourth-order valence-corrected chi connectivity index (χ4v) is 2.05. The monoisotopic (exact) mass is 237 g/mol. The molecule has 2 amide bonds. The Morgan fingerprint density at radius 2 is 2.29 bits per heavy atom. The van der Waals surface area contributed by atoms with Crippen molar-refractivity contribution in [2.24, 2.45) is 10.8 Å². The highest BCUT2D eigenvalue weighted by molar-refractivity contribution is 6.00. The van der Waals surface area contributed by atoms with Crippen molar-refractivity contribution < 1.29 is 4.79 Å². The summed E-state index contributed by atoms with van der Waals surface area (Å²) in [7, 11) is 0. The van der Waals surface area contributed by atoms with E-state index in [1.54, 1.807) is 0 Å². The highest BCUT2D eigenvalue weighted by atomic mass is 16.2. The minimum absolute atomic E-state index is 0.589. The summed E-state index contributed by atoms with van der Waals surface area (Å²) in [6.07, 6.45) is 11.4. The van der Waals surface area contributed by atoms with Crippen molar-refractivity contribution in [3.63, 3.8) is 0 Å².